The number of anilines is 1. The van der Waals surface area contributed by atoms with Crippen molar-refractivity contribution < 1.29 is 19.1 Å². The highest BCUT2D eigenvalue weighted by atomic mass is 35.5. The van der Waals surface area contributed by atoms with Gasteiger partial charge in [0.15, 0.2) is 5.09 Å². The topological polar surface area (TPSA) is 69.0 Å². The molecule has 0 bridgehead atoms. The fraction of sp³-hybridized carbons (Fsp3) is 0.560. The van der Waals surface area contributed by atoms with Gasteiger partial charge in [-0.1, -0.05) is 88.1 Å². The second-order valence-corrected chi connectivity index (χ2v) is 9.39. The Balaban J connectivity index is 1.74. The molecule has 1 saturated heterocycles. The molecule has 33 heavy (non-hydrogen) atoms. The number of benzene rings is 1. The molecule has 1 aliphatic rings. The van der Waals surface area contributed by atoms with Gasteiger partial charge in [-0.05, 0) is 24.6 Å². The first-order valence-corrected chi connectivity index (χ1v) is 13.1. The average Bonchev–Trinajstić information content (AvgIpc) is 3.33. The number of thioether (sulfide) groups is 1. The normalized spacial score (nSPS) is 14.3. The molecular weight excluding hydrogens is 460 g/mol. The number of unbranched alkanes of at least 4 members (excludes halogenated alkanes) is 9. The second kappa shape index (κ2) is 15.6. The third kappa shape index (κ3) is 9.69. The van der Waals surface area contributed by atoms with E-state index >= 15 is 0 Å². The first-order chi connectivity index (χ1) is 16.1. The van der Waals surface area contributed by atoms with E-state index in [0.29, 0.717) is 29.6 Å². The van der Waals surface area contributed by atoms with Gasteiger partial charge in [-0.25, -0.2) is 9.64 Å². The van der Waals surface area contributed by atoms with Crippen molar-refractivity contribution in [2.75, 3.05) is 24.3 Å². The van der Waals surface area contributed by atoms with Crippen molar-refractivity contribution in [3.63, 3.8) is 0 Å². The van der Waals surface area contributed by atoms with Gasteiger partial charge < -0.3 is 14.8 Å². The summed E-state index contributed by atoms with van der Waals surface area (Å²) in [5.41, 5.74) is 0.424. The molecule has 0 spiro atoms. The largest absolute Gasteiger partial charge is 0.497 e. The minimum absolute atomic E-state index is 0.123. The van der Waals surface area contributed by atoms with Crippen molar-refractivity contribution in [1.29, 1.82) is 0 Å². The van der Waals surface area contributed by atoms with Crippen LogP contribution in [0.15, 0.2) is 29.0 Å². The molecule has 0 saturated carbocycles. The summed E-state index contributed by atoms with van der Waals surface area (Å²) in [6, 6.07) is 4.55. The quantitative estimate of drug-likeness (QED) is 0.128. The monoisotopic (exact) mass is 492 g/mol. The van der Waals surface area contributed by atoms with Crippen molar-refractivity contribution in [2.24, 2.45) is 0 Å². The van der Waals surface area contributed by atoms with Gasteiger partial charge in [-0.15, -0.1) is 0 Å². The Morgan fingerprint density at radius 2 is 1.79 bits per heavy atom. The number of hydrogen-bond donors (Lipinski definition) is 1. The van der Waals surface area contributed by atoms with Crippen LogP contribution in [-0.4, -0.2) is 30.8 Å². The third-order valence-electron chi connectivity index (χ3n) is 5.25. The van der Waals surface area contributed by atoms with E-state index < -0.39 is 11.9 Å². The van der Waals surface area contributed by atoms with E-state index in [0.717, 1.165) is 19.3 Å². The van der Waals surface area contributed by atoms with Crippen LogP contribution >= 0.6 is 23.4 Å². The molecular formula is C25H33ClN2O4S. The minimum atomic E-state index is -0.618. The summed E-state index contributed by atoms with van der Waals surface area (Å²) in [4.78, 5) is 28.2. The number of carbonyl (C=O) groups is 2. The first kappa shape index (κ1) is 27.1. The Labute approximate surface area is 206 Å². The van der Waals surface area contributed by atoms with Crippen LogP contribution in [0.4, 0.5) is 5.69 Å². The lowest BCUT2D eigenvalue weighted by Crippen LogP contribution is -2.15. The van der Waals surface area contributed by atoms with Crippen LogP contribution in [0.2, 0.25) is 5.02 Å². The van der Waals surface area contributed by atoms with Crippen molar-refractivity contribution in [3.05, 3.63) is 51.0 Å². The summed E-state index contributed by atoms with van der Waals surface area (Å²) in [6.45, 7) is 10.3. The van der Waals surface area contributed by atoms with Crippen LogP contribution in [-0.2, 0) is 14.3 Å². The highest BCUT2D eigenvalue weighted by Gasteiger charge is 2.23. The van der Waals surface area contributed by atoms with E-state index in [1.165, 1.54) is 68.8 Å². The number of nitrogens with zero attached hydrogens (tertiary/aromatic N) is 1. The van der Waals surface area contributed by atoms with Crippen LogP contribution in [0.25, 0.3) is 4.85 Å². The van der Waals surface area contributed by atoms with Crippen molar-refractivity contribution in [2.45, 2.75) is 71.1 Å². The molecule has 1 aromatic rings. The van der Waals surface area contributed by atoms with E-state index in [1.807, 2.05) is 0 Å². The van der Waals surface area contributed by atoms with Gasteiger partial charge in [0, 0.05) is 5.75 Å². The Hall–Kier alpha value is -2.17. The predicted molar refractivity (Wildman–Crippen MR) is 134 cm³/mol. The van der Waals surface area contributed by atoms with Gasteiger partial charge in [-0.3, -0.25) is 4.79 Å². The fourth-order valence-corrected chi connectivity index (χ4v) is 4.36. The lowest BCUT2D eigenvalue weighted by Gasteiger charge is -2.10. The zero-order valence-electron chi connectivity index (χ0n) is 19.3. The maximum atomic E-state index is 12.5. The summed E-state index contributed by atoms with van der Waals surface area (Å²) in [5.74, 6) is -0.383. The van der Waals surface area contributed by atoms with Gasteiger partial charge in [-0.2, -0.15) is 0 Å². The van der Waals surface area contributed by atoms with Gasteiger partial charge in [0.05, 0.1) is 36.1 Å². The van der Waals surface area contributed by atoms with Crippen LogP contribution in [0.5, 0.6) is 0 Å². The van der Waals surface area contributed by atoms with Crippen LogP contribution in [0, 0.1) is 6.57 Å². The molecule has 0 radical (unpaired) electrons. The third-order valence-corrected chi connectivity index (χ3v) is 6.52. The van der Waals surface area contributed by atoms with Gasteiger partial charge >= 0.3 is 5.97 Å². The Kier molecular flexibility index (Phi) is 12.8. The number of hydrogen-bond acceptors (Lipinski definition) is 5. The molecule has 1 amide bonds. The number of nitrogens with one attached hydrogen (secondary N) is 1. The molecule has 1 heterocycles. The predicted octanol–water partition coefficient (Wildman–Crippen LogP) is 7.21. The number of halogens is 1. The maximum Gasteiger partial charge on any atom is 0.338 e. The van der Waals surface area contributed by atoms with Crippen LogP contribution in [0.3, 0.4) is 0 Å². The molecule has 8 heteroatoms. The second-order valence-electron chi connectivity index (χ2n) is 7.91. The molecule has 180 valence electrons. The van der Waals surface area contributed by atoms with Crippen molar-refractivity contribution in [1.82, 2.24) is 0 Å². The minimum Gasteiger partial charge on any atom is -0.497 e. The van der Waals surface area contributed by atoms with E-state index in [1.54, 1.807) is 6.07 Å². The van der Waals surface area contributed by atoms with E-state index in [2.05, 4.69) is 17.1 Å². The molecule has 6 nitrogen and oxygen atoms in total. The summed E-state index contributed by atoms with van der Waals surface area (Å²) < 4.78 is 10.7. The molecule has 2 rings (SSSR count). The number of carbonyl (C=O) groups excluding carboxylic acids is 2. The Bertz CT molecular complexity index is 858. The summed E-state index contributed by atoms with van der Waals surface area (Å²) >= 11 is 7.50. The van der Waals surface area contributed by atoms with Gasteiger partial charge in [0.25, 0.3) is 11.6 Å². The van der Waals surface area contributed by atoms with Crippen molar-refractivity contribution >= 4 is 40.9 Å². The van der Waals surface area contributed by atoms with Crippen molar-refractivity contribution in [3.8, 4) is 0 Å². The fourth-order valence-electron chi connectivity index (χ4n) is 3.40. The molecule has 0 aliphatic carbocycles. The summed E-state index contributed by atoms with van der Waals surface area (Å²) in [5, 5.41) is 3.18. The molecule has 0 aromatic heterocycles. The SMILES string of the molecule is [C-]#[N+]C(C(=O)Nc1cc(C(=O)OCCCCCCCCCCCC)ccc1Cl)=C1OCCS1. The highest BCUT2D eigenvalue weighted by molar-refractivity contribution is 8.03. The number of esters is 1. The smallest absolute Gasteiger partial charge is 0.338 e. The van der Waals surface area contributed by atoms with E-state index in [9.17, 15) is 9.59 Å². The summed E-state index contributed by atoms with van der Waals surface area (Å²) in [7, 11) is 0. The lowest BCUT2D eigenvalue weighted by atomic mass is 10.1. The zero-order chi connectivity index (χ0) is 23.9. The zero-order valence-corrected chi connectivity index (χ0v) is 20.9. The highest BCUT2D eigenvalue weighted by Crippen LogP contribution is 2.30. The van der Waals surface area contributed by atoms with Crippen LogP contribution in [0.1, 0.15) is 81.5 Å². The summed E-state index contributed by atoms with van der Waals surface area (Å²) in [6.07, 6.45) is 12.1. The van der Waals surface area contributed by atoms with E-state index in [-0.39, 0.29) is 16.4 Å². The standard InChI is InChI=1S/C25H33ClN2O4S/c1-3-4-5-6-7-8-9-10-11-12-15-31-24(30)19-13-14-20(26)21(18-19)28-23(29)22(27-2)25-32-16-17-33-25/h13-14,18H,3-12,15-17H2,1H3,(H,28,29). The van der Waals surface area contributed by atoms with E-state index in [4.69, 9.17) is 27.6 Å². The van der Waals surface area contributed by atoms with Gasteiger partial charge in [0.1, 0.15) is 0 Å². The maximum absolute atomic E-state index is 12.5. The van der Waals surface area contributed by atoms with Crippen LogP contribution < -0.4 is 5.32 Å². The van der Waals surface area contributed by atoms with Gasteiger partial charge in [0.2, 0.25) is 0 Å². The molecule has 0 atom stereocenters. The lowest BCUT2D eigenvalue weighted by molar-refractivity contribution is -0.112. The number of amides is 1. The molecule has 1 fully saturated rings. The number of rotatable bonds is 14. The molecule has 1 aromatic carbocycles. The molecule has 1 N–H and O–H groups in total. The number of ether oxygens (including phenoxy) is 2. The Morgan fingerprint density at radius 3 is 2.39 bits per heavy atom. The first-order valence-electron chi connectivity index (χ1n) is 11.7. The molecule has 0 unspecified atom stereocenters. The molecule has 1 aliphatic heterocycles. The average molecular weight is 493 g/mol. The Morgan fingerprint density at radius 1 is 1.12 bits per heavy atom.